The third-order valence-corrected chi connectivity index (χ3v) is 10.6. The number of ketones is 1. The van der Waals surface area contributed by atoms with Crippen molar-refractivity contribution in [3.8, 4) is 0 Å². The molecule has 55 heavy (non-hydrogen) atoms. The van der Waals surface area contributed by atoms with Gasteiger partial charge in [0.25, 0.3) is 0 Å². The summed E-state index contributed by atoms with van der Waals surface area (Å²) in [6.45, 7) is 1.03. The van der Waals surface area contributed by atoms with Crippen LogP contribution < -0.4 is 124 Å². The summed E-state index contributed by atoms with van der Waals surface area (Å²) in [6.07, 6.45) is -1.12. The van der Waals surface area contributed by atoms with E-state index in [4.69, 9.17) is 0 Å². The van der Waals surface area contributed by atoms with Crippen LogP contribution in [0, 0.1) is 0 Å². The number of Topliss-reactive ketones (excluding diaryl/α,β-unsaturated/α-hetero) is 1. The molecule has 0 unspecified atom stereocenters. The summed E-state index contributed by atoms with van der Waals surface area (Å²) in [5.41, 5.74) is -3.05. The molecule has 1 amide bonds. The number of carbonyl (C=O) groups is 2. The normalized spacial score (nSPS) is 13.4. The molecule has 0 heterocycles. The van der Waals surface area contributed by atoms with Crippen LogP contribution in [0.2, 0.25) is 0 Å². The van der Waals surface area contributed by atoms with Crippen LogP contribution in [0.15, 0.2) is 112 Å². The number of carbonyl (C=O) groups excluding carboxylic acids is 2. The van der Waals surface area contributed by atoms with Gasteiger partial charge in [-0.15, -0.1) is 15.3 Å². The number of anilines is 1. The van der Waals surface area contributed by atoms with Crippen molar-refractivity contribution in [2.75, 3.05) is 5.32 Å². The average Bonchev–Trinajstić information content (AvgIpc) is 3.01. The number of nitrogens with zero attached hydrogens (tertiary/aromatic N) is 4. The molecule has 27 heteroatoms. The van der Waals surface area contributed by atoms with Gasteiger partial charge in [-0.05, 0) is 66.2 Å². The second-order valence-corrected chi connectivity index (χ2v) is 16.0. The second kappa shape index (κ2) is 19.7. The van der Waals surface area contributed by atoms with Crippen LogP contribution in [0.1, 0.15) is 22.8 Å². The van der Waals surface area contributed by atoms with Gasteiger partial charge >= 0.3 is 118 Å². The van der Waals surface area contributed by atoms with Crippen LogP contribution in [-0.4, -0.2) is 63.6 Å². The van der Waals surface area contributed by atoms with Crippen molar-refractivity contribution in [2.24, 2.45) is 20.5 Å². The Morgan fingerprint density at radius 3 is 1.65 bits per heavy atom. The average molecular weight is 868 g/mol. The molecule has 0 aliphatic heterocycles. The quantitative estimate of drug-likeness (QED) is 0.0928. The SMILES string of the molecule is CC(=O)Nc1ccc(S(=O)(=O)[O-])c2c1C(=O)C(N=Nc1ccc(N=Nc3ccc(S(=O)(=O)[O-])cc3)c3ccc(S(=O)(=O)[O-])cc13)=C(S(=O)(=O)[O-])C2.[Na+].[Na+].[Na+].[Na+]. The van der Waals surface area contributed by atoms with Crippen LogP contribution in [0.3, 0.4) is 0 Å². The van der Waals surface area contributed by atoms with Gasteiger partial charge < -0.3 is 23.5 Å². The molecule has 1 N–H and O–H groups in total. The molecule has 5 rings (SSSR count). The van der Waals surface area contributed by atoms with Gasteiger partial charge in [-0.25, -0.2) is 33.7 Å². The molecular weight excluding hydrogens is 851 g/mol. The molecule has 1 aliphatic carbocycles. The fraction of sp³-hybridized carbons (Fsp3) is 0.0714. The maximum atomic E-state index is 13.7. The fourth-order valence-corrected chi connectivity index (χ4v) is 7.28. The standard InChI is InChI=1S/C28H21N5O14S4.4Na/c1-14(34)29-23-10-11-24(50(42,43)44)20-13-25(51(45,46)47)27(28(35)26(20)23)33-32-22-9-8-21(18-7-6-17(12-19(18)22)49(39,40)41)31-30-15-2-4-16(5-3-15)48(36,37)38;;;;/h2-12H,13H2,1H3,(H,29,34)(H,36,37,38)(H,39,40,41)(H,42,43,44)(H,45,46,47);;;;/q;4*+1/p-4. The second-order valence-electron chi connectivity index (χ2n) is 10.4. The van der Waals surface area contributed by atoms with Gasteiger partial charge in [0.1, 0.15) is 46.2 Å². The number of hydrogen-bond donors (Lipinski definition) is 1. The molecule has 0 bridgehead atoms. The fourth-order valence-electron chi connectivity index (χ4n) is 4.91. The molecule has 4 aromatic carbocycles. The van der Waals surface area contributed by atoms with Gasteiger partial charge in [0.05, 0.1) is 47.9 Å². The molecular formula is C28H17N5Na4O14S4. The monoisotopic (exact) mass is 867 g/mol. The van der Waals surface area contributed by atoms with E-state index in [2.05, 4.69) is 25.8 Å². The zero-order valence-corrected chi connectivity index (χ0v) is 40.5. The number of nitrogens with one attached hydrogen (secondary N) is 1. The molecule has 0 saturated heterocycles. The first-order chi connectivity index (χ1) is 23.6. The van der Waals surface area contributed by atoms with Gasteiger partial charge in [-0.1, -0.05) is 6.07 Å². The van der Waals surface area contributed by atoms with Gasteiger partial charge in [0, 0.05) is 24.1 Å². The van der Waals surface area contributed by atoms with E-state index in [9.17, 15) is 61.5 Å². The minimum Gasteiger partial charge on any atom is -0.744 e. The van der Waals surface area contributed by atoms with E-state index in [1.165, 1.54) is 18.2 Å². The van der Waals surface area contributed by atoms with E-state index in [0.29, 0.717) is 0 Å². The van der Waals surface area contributed by atoms with E-state index in [1.54, 1.807) is 0 Å². The summed E-state index contributed by atoms with van der Waals surface area (Å²) in [4.78, 5) is 21.9. The molecule has 1 aliphatic rings. The van der Waals surface area contributed by atoms with Crippen molar-refractivity contribution >= 4 is 85.7 Å². The number of allylic oxidation sites excluding steroid dienone is 2. The summed E-state index contributed by atoms with van der Waals surface area (Å²) >= 11 is 0. The zero-order chi connectivity index (χ0) is 37.7. The maximum absolute atomic E-state index is 13.7. The molecule has 4 aromatic rings. The predicted molar refractivity (Wildman–Crippen MR) is 168 cm³/mol. The predicted octanol–water partition coefficient (Wildman–Crippen LogP) is -8.78. The maximum Gasteiger partial charge on any atom is 1.00 e. The molecule has 0 fully saturated rings. The van der Waals surface area contributed by atoms with Crippen molar-refractivity contribution in [1.29, 1.82) is 0 Å². The van der Waals surface area contributed by atoms with E-state index >= 15 is 0 Å². The molecule has 0 aromatic heterocycles. The number of azo groups is 2. The van der Waals surface area contributed by atoms with Crippen LogP contribution >= 0.6 is 0 Å². The van der Waals surface area contributed by atoms with Crippen molar-refractivity contribution in [3.63, 3.8) is 0 Å². The summed E-state index contributed by atoms with van der Waals surface area (Å²) < 4.78 is 142. The number of fused-ring (bicyclic) bond motifs is 2. The summed E-state index contributed by atoms with van der Waals surface area (Å²) in [7, 11) is -20.8. The third-order valence-electron chi connectivity index (χ3n) is 7.08. The van der Waals surface area contributed by atoms with Crippen molar-refractivity contribution in [3.05, 3.63) is 88.5 Å². The van der Waals surface area contributed by atoms with E-state index in [1.807, 2.05) is 0 Å². The Labute approximate surface area is 402 Å². The Hall–Kier alpha value is -1.14. The Kier molecular flexibility index (Phi) is 18.6. The van der Waals surface area contributed by atoms with Gasteiger partial charge in [0.2, 0.25) is 11.7 Å². The van der Waals surface area contributed by atoms with Crippen LogP contribution in [0.4, 0.5) is 22.7 Å². The first kappa shape index (κ1) is 51.9. The molecule has 266 valence electrons. The number of rotatable bonds is 9. The van der Waals surface area contributed by atoms with Gasteiger partial charge in [-0.3, -0.25) is 9.59 Å². The molecule has 19 nitrogen and oxygen atoms in total. The van der Waals surface area contributed by atoms with Crippen LogP contribution in [0.25, 0.3) is 10.8 Å². The topological polar surface area (TPSA) is 324 Å². The van der Waals surface area contributed by atoms with Crippen LogP contribution in [-0.2, 0) is 51.7 Å². The third kappa shape index (κ3) is 12.2. The molecule has 0 atom stereocenters. The first-order valence-electron chi connectivity index (χ1n) is 13.6. The molecule has 0 radical (unpaired) electrons. The molecule has 0 spiro atoms. The Balaban J connectivity index is 0.00000378. The Morgan fingerprint density at radius 1 is 0.618 bits per heavy atom. The van der Waals surface area contributed by atoms with Crippen molar-refractivity contribution in [2.45, 2.75) is 28.0 Å². The summed E-state index contributed by atoms with van der Waals surface area (Å²) in [6, 6.07) is 11.2. The number of hydrogen-bond acceptors (Lipinski definition) is 18. The minimum absolute atomic E-state index is 0. The Morgan fingerprint density at radius 2 is 1.15 bits per heavy atom. The van der Waals surface area contributed by atoms with E-state index in [-0.39, 0.29) is 152 Å². The van der Waals surface area contributed by atoms with Crippen molar-refractivity contribution in [1.82, 2.24) is 0 Å². The first-order valence-corrected chi connectivity index (χ1v) is 19.2. The van der Waals surface area contributed by atoms with E-state index < -0.39 is 95.0 Å². The summed E-state index contributed by atoms with van der Waals surface area (Å²) in [5, 5.41) is 17.6. The van der Waals surface area contributed by atoms with E-state index in [0.717, 1.165) is 55.5 Å². The summed E-state index contributed by atoms with van der Waals surface area (Å²) in [5.74, 6) is -2.17. The van der Waals surface area contributed by atoms with Crippen LogP contribution in [0.5, 0.6) is 0 Å². The van der Waals surface area contributed by atoms with Gasteiger partial charge in [-0.2, -0.15) is 5.11 Å². The van der Waals surface area contributed by atoms with Gasteiger partial charge in [0.15, 0.2) is 0 Å². The molecule has 0 saturated carbocycles. The van der Waals surface area contributed by atoms with Crippen molar-refractivity contribution < 1.29 is 180 Å². The zero-order valence-electron chi connectivity index (χ0n) is 29.2. The largest absolute Gasteiger partial charge is 1.00 e. The number of amides is 1. The Bertz CT molecular complexity index is 2750. The smallest absolute Gasteiger partial charge is 0.744 e. The number of benzene rings is 4. The minimum atomic E-state index is -5.60.